The number of anilines is 1. The fourth-order valence-electron chi connectivity index (χ4n) is 3.86. The average Bonchev–Trinajstić information content (AvgIpc) is 3.10. The highest BCUT2D eigenvalue weighted by Gasteiger charge is 2.24. The molecular weight excluding hydrogens is 424 g/mol. The number of hydrogen-bond acceptors (Lipinski definition) is 3. The van der Waals surface area contributed by atoms with E-state index in [-0.39, 0.29) is 11.8 Å². The molecule has 1 N–H and O–H groups in total. The van der Waals surface area contributed by atoms with E-state index < -0.39 is 0 Å². The highest BCUT2D eigenvalue weighted by molar-refractivity contribution is 6.30. The SMILES string of the molecule is CCc1cccc(NC(=O)c2c(C)n(C(=O)c3ccc(Cl)cc3)c3ccc(OC)cc23)c1. The summed E-state index contributed by atoms with van der Waals surface area (Å²) in [5.41, 5.74) is 3.94. The number of carbonyl (C=O) groups is 2. The van der Waals surface area contributed by atoms with Crippen molar-refractivity contribution in [3.8, 4) is 5.75 Å². The number of nitrogens with zero attached hydrogens (tertiary/aromatic N) is 1. The molecule has 162 valence electrons. The first kappa shape index (κ1) is 21.7. The maximum absolute atomic E-state index is 13.4. The molecule has 0 unspecified atom stereocenters. The molecule has 0 bridgehead atoms. The molecule has 0 atom stereocenters. The predicted octanol–water partition coefficient (Wildman–Crippen LogP) is 6.11. The third-order valence-corrected chi connectivity index (χ3v) is 5.78. The molecule has 32 heavy (non-hydrogen) atoms. The number of halogens is 1. The van der Waals surface area contributed by atoms with Gasteiger partial charge in [-0.25, -0.2) is 0 Å². The van der Waals surface area contributed by atoms with Gasteiger partial charge in [-0.05, 0) is 73.5 Å². The van der Waals surface area contributed by atoms with Gasteiger partial charge in [0.2, 0.25) is 0 Å². The van der Waals surface area contributed by atoms with E-state index in [9.17, 15) is 9.59 Å². The maximum atomic E-state index is 13.4. The Hall–Kier alpha value is -3.57. The zero-order valence-corrected chi connectivity index (χ0v) is 18.9. The third-order valence-electron chi connectivity index (χ3n) is 5.53. The number of methoxy groups -OCH3 is 1. The number of ether oxygens (including phenoxy) is 1. The summed E-state index contributed by atoms with van der Waals surface area (Å²) in [4.78, 5) is 26.8. The maximum Gasteiger partial charge on any atom is 0.262 e. The summed E-state index contributed by atoms with van der Waals surface area (Å²) in [5, 5.41) is 4.18. The standard InChI is InChI=1S/C26H23ClN2O3/c1-4-17-6-5-7-20(14-17)28-25(30)24-16(2)29(23-13-12-21(32-3)15-22(23)24)26(31)18-8-10-19(27)11-9-18/h5-15H,4H2,1-3H3,(H,28,30). The number of aromatic nitrogens is 1. The van der Waals surface area contributed by atoms with Crippen LogP contribution in [0.25, 0.3) is 10.9 Å². The van der Waals surface area contributed by atoms with E-state index in [1.807, 2.05) is 24.3 Å². The monoisotopic (exact) mass is 446 g/mol. The summed E-state index contributed by atoms with van der Waals surface area (Å²) in [5.74, 6) is 0.0913. The number of fused-ring (bicyclic) bond motifs is 1. The number of carbonyl (C=O) groups excluding carboxylic acids is 2. The minimum Gasteiger partial charge on any atom is -0.497 e. The quantitative estimate of drug-likeness (QED) is 0.402. The van der Waals surface area contributed by atoms with Crippen molar-refractivity contribution in [1.29, 1.82) is 0 Å². The van der Waals surface area contributed by atoms with Gasteiger partial charge in [-0.15, -0.1) is 0 Å². The van der Waals surface area contributed by atoms with E-state index >= 15 is 0 Å². The van der Waals surface area contributed by atoms with Gasteiger partial charge in [0.15, 0.2) is 0 Å². The lowest BCUT2D eigenvalue weighted by atomic mass is 10.1. The Morgan fingerprint density at radius 2 is 1.78 bits per heavy atom. The van der Waals surface area contributed by atoms with E-state index in [0.717, 1.165) is 12.0 Å². The average molecular weight is 447 g/mol. The summed E-state index contributed by atoms with van der Waals surface area (Å²) in [7, 11) is 1.57. The van der Waals surface area contributed by atoms with Crippen LogP contribution in [0.5, 0.6) is 5.75 Å². The number of amides is 1. The van der Waals surface area contributed by atoms with Crippen molar-refractivity contribution in [2.24, 2.45) is 0 Å². The molecule has 0 radical (unpaired) electrons. The summed E-state index contributed by atoms with van der Waals surface area (Å²) >= 11 is 5.98. The van der Waals surface area contributed by atoms with Crippen LogP contribution in [0.2, 0.25) is 5.02 Å². The second-order valence-electron chi connectivity index (χ2n) is 7.50. The van der Waals surface area contributed by atoms with Crippen LogP contribution in [0.15, 0.2) is 66.7 Å². The van der Waals surface area contributed by atoms with Gasteiger partial charge in [-0.2, -0.15) is 0 Å². The molecule has 3 aromatic carbocycles. The number of benzene rings is 3. The van der Waals surface area contributed by atoms with Crippen LogP contribution in [-0.4, -0.2) is 23.5 Å². The number of hydrogen-bond donors (Lipinski definition) is 1. The first-order valence-corrected chi connectivity index (χ1v) is 10.7. The second-order valence-corrected chi connectivity index (χ2v) is 7.94. The minimum atomic E-state index is -0.281. The lowest BCUT2D eigenvalue weighted by molar-refractivity contribution is 0.0963. The van der Waals surface area contributed by atoms with E-state index in [0.29, 0.717) is 44.2 Å². The van der Waals surface area contributed by atoms with Crippen LogP contribution in [0, 0.1) is 6.92 Å². The van der Waals surface area contributed by atoms with Gasteiger partial charge in [0.1, 0.15) is 5.75 Å². The van der Waals surface area contributed by atoms with Gasteiger partial charge >= 0.3 is 0 Å². The van der Waals surface area contributed by atoms with E-state index in [2.05, 4.69) is 12.2 Å². The van der Waals surface area contributed by atoms with Crippen molar-refractivity contribution < 1.29 is 14.3 Å². The second kappa shape index (κ2) is 8.89. The summed E-state index contributed by atoms with van der Waals surface area (Å²) in [6, 6.07) is 19.8. The van der Waals surface area contributed by atoms with E-state index in [1.54, 1.807) is 61.1 Å². The Morgan fingerprint density at radius 3 is 2.47 bits per heavy atom. The van der Waals surface area contributed by atoms with Crippen molar-refractivity contribution in [3.63, 3.8) is 0 Å². The molecule has 0 fully saturated rings. The van der Waals surface area contributed by atoms with Crippen LogP contribution in [-0.2, 0) is 6.42 Å². The summed E-state index contributed by atoms with van der Waals surface area (Å²) < 4.78 is 6.94. The Morgan fingerprint density at radius 1 is 1.03 bits per heavy atom. The van der Waals surface area contributed by atoms with E-state index in [4.69, 9.17) is 16.3 Å². The molecule has 1 aromatic heterocycles. The van der Waals surface area contributed by atoms with Gasteiger partial charge in [0.25, 0.3) is 11.8 Å². The molecule has 1 heterocycles. The Bertz CT molecular complexity index is 1320. The Balaban J connectivity index is 1.84. The van der Waals surface area contributed by atoms with Gasteiger partial charge < -0.3 is 10.1 Å². The topological polar surface area (TPSA) is 60.3 Å². The third kappa shape index (κ3) is 3.99. The first-order valence-electron chi connectivity index (χ1n) is 10.3. The van der Waals surface area contributed by atoms with Gasteiger partial charge in [0.05, 0.1) is 18.2 Å². The van der Waals surface area contributed by atoms with Crippen molar-refractivity contribution in [2.45, 2.75) is 20.3 Å². The molecule has 0 aliphatic rings. The van der Waals surface area contributed by atoms with Crippen molar-refractivity contribution in [3.05, 3.63) is 94.1 Å². The molecule has 4 aromatic rings. The van der Waals surface area contributed by atoms with Crippen LogP contribution in [0.3, 0.4) is 0 Å². The van der Waals surface area contributed by atoms with Gasteiger partial charge in [-0.1, -0.05) is 30.7 Å². The van der Waals surface area contributed by atoms with E-state index in [1.165, 1.54) is 0 Å². The molecule has 0 aliphatic heterocycles. The summed E-state index contributed by atoms with van der Waals surface area (Å²) in [6.07, 6.45) is 0.870. The molecule has 0 saturated carbocycles. The zero-order valence-electron chi connectivity index (χ0n) is 18.1. The summed E-state index contributed by atoms with van der Waals surface area (Å²) in [6.45, 7) is 3.84. The molecule has 4 rings (SSSR count). The molecule has 6 heteroatoms. The molecule has 0 saturated heterocycles. The molecule has 0 aliphatic carbocycles. The lowest BCUT2D eigenvalue weighted by Gasteiger charge is -2.09. The van der Waals surface area contributed by atoms with Crippen LogP contribution in [0.4, 0.5) is 5.69 Å². The molecular formula is C26H23ClN2O3. The Kier molecular flexibility index (Phi) is 6.01. The van der Waals surface area contributed by atoms with Gasteiger partial charge in [0, 0.05) is 27.4 Å². The zero-order chi connectivity index (χ0) is 22.8. The largest absolute Gasteiger partial charge is 0.497 e. The van der Waals surface area contributed by atoms with Crippen molar-refractivity contribution in [1.82, 2.24) is 4.57 Å². The normalized spacial score (nSPS) is 10.9. The highest BCUT2D eigenvalue weighted by atomic mass is 35.5. The number of nitrogens with one attached hydrogen (secondary N) is 1. The lowest BCUT2D eigenvalue weighted by Crippen LogP contribution is -2.16. The molecule has 1 amide bonds. The smallest absolute Gasteiger partial charge is 0.262 e. The molecule has 0 spiro atoms. The fourth-order valence-corrected chi connectivity index (χ4v) is 3.98. The van der Waals surface area contributed by atoms with Crippen LogP contribution in [0.1, 0.15) is 38.9 Å². The van der Waals surface area contributed by atoms with Crippen LogP contribution < -0.4 is 10.1 Å². The Labute approximate surface area is 191 Å². The number of rotatable bonds is 5. The van der Waals surface area contributed by atoms with Crippen molar-refractivity contribution in [2.75, 3.05) is 12.4 Å². The number of aryl methyl sites for hydroxylation is 1. The van der Waals surface area contributed by atoms with Crippen LogP contribution >= 0.6 is 11.6 Å². The molecule has 5 nitrogen and oxygen atoms in total. The van der Waals surface area contributed by atoms with Gasteiger partial charge in [-0.3, -0.25) is 14.2 Å². The fraction of sp³-hybridized carbons (Fsp3) is 0.154. The van der Waals surface area contributed by atoms with Crippen molar-refractivity contribution >= 4 is 40.0 Å². The first-order chi connectivity index (χ1) is 15.4. The predicted molar refractivity (Wildman–Crippen MR) is 128 cm³/mol. The highest BCUT2D eigenvalue weighted by Crippen LogP contribution is 2.31. The minimum absolute atomic E-state index is 0.235.